The van der Waals surface area contributed by atoms with Crippen molar-refractivity contribution in [3.8, 4) is 23.0 Å². The topological polar surface area (TPSA) is 44.8 Å². The van der Waals surface area contributed by atoms with Crippen molar-refractivity contribution in [2.24, 2.45) is 0 Å². The summed E-state index contributed by atoms with van der Waals surface area (Å²) >= 11 is 1.70. The summed E-state index contributed by atoms with van der Waals surface area (Å²) in [5.74, 6) is 3.25. The molecule has 1 aliphatic heterocycles. The van der Waals surface area contributed by atoms with E-state index in [1.54, 1.807) is 32.1 Å². The average molecular weight is 431 g/mol. The van der Waals surface area contributed by atoms with E-state index in [0.717, 1.165) is 44.4 Å². The van der Waals surface area contributed by atoms with Gasteiger partial charge < -0.3 is 14.2 Å². The number of ketones is 1. The molecule has 0 bridgehead atoms. The molecule has 0 radical (unpaired) electrons. The zero-order valence-corrected chi connectivity index (χ0v) is 18.2. The summed E-state index contributed by atoms with van der Waals surface area (Å²) in [5.41, 5.74) is 3.06. The van der Waals surface area contributed by atoms with Gasteiger partial charge in [-0.1, -0.05) is 42.1 Å². The first-order chi connectivity index (χ1) is 15.2. The molecule has 0 amide bonds. The van der Waals surface area contributed by atoms with Gasteiger partial charge in [-0.2, -0.15) is 0 Å². The number of rotatable bonds is 4. The van der Waals surface area contributed by atoms with Crippen LogP contribution < -0.4 is 14.2 Å². The van der Waals surface area contributed by atoms with E-state index < -0.39 is 0 Å². The van der Waals surface area contributed by atoms with Crippen LogP contribution in [0.4, 0.5) is 0 Å². The number of ether oxygens (including phenoxy) is 3. The Kier molecular flexibility index (Phi) is 5.20. The second-order valence-electron chi connectivity index (χ2n) is 7.64. The maximum absolute atomic E-state index is 12.7. The van der Waals surface area contributed by atoms with E-state index >= 15 is 0 Å². The number of carbonyl (C=O) groups excluding carboxylic acids is 1. The predicted molar refractivity (Wildman–Crippen MR) is 122 cm³/mol. The third kappa shape index (κ3) is 3.70. The summed E-state index contributed by atoms with van der Waals surface area (Å²) < 4.78 is 17.1. The first-order valence-electron chi connectivity index (χ1n) is 10.2. The predicted octanol–water partition coefficient (Wildman–Crippen LogP) is 6.49. The molecule has 0 aromatic heterocycles. The summed E-state index contributed by atoms with van der Waals surface area (Å²) in [6, 6.07) is 20.1. The SMILES string of the molecule is COc1ccc([C@H]2CC(=O)C=C(c3cccc4c3Oc3ccccc3S4)C2)cc1OC. The summed E-state index contributed by atoms with van der Waals surface area (Å²) in [7, 11) is 3.25. The first-order valence-corrected chi connectivity index (χ1v) is 11.0. The van der Waals surface area contributed by atoms with Crippen LogP contribution in [-0.2, 0) is 4.79 Å². The van der Waals surface area contributed by atoms with Gasteiger partial charge in [-0.05, 0) is 59.9 Å². The highest BCUT2D eigenvalue weighted by Crippen LogP contribution is 2.51. The van der Waals surface area contributed by atoms with Crippen molar-refractivity contribution in [2.75, 3.05) is 14.2 Å². The van der Waals surface area contributed by atoms with E-state index in [9.17, 15) is 4.79 Å². The van der Waals surface area contributed by atoms with Crippen LogP contribution in [0.3, 0.4) is 0 Å². The quantitative estimate of drug-likeness (QED) is 0.370. The van der Waals surface area contributed by atoms with E-state index in [0.29, 0.717) is 17.9 Å². The van der Waals surface area contributed by atoms with Crippen LogP contribution in [0.25, 0.3) is 5.57 Å². The van der Waals surface area contributed by atoms with Gasteiger partial charge in [0.15, 0.2) is 17.3 Å². The smallest absolute Gasteiger partial charge is 0.160 e. The lowest BCUT2D eigenvalue weighted by atomic mass is 9.80. The lowest BCUT2D eigenvalue weighted by molar-refractivity contribution is -0.115. The first kappa shape index (κ1) is 19.8. The Morgan fingerprint density at radius 3 is 2.55 bits per heavy atom. The molecule has 0 saturated heterocycles. The van der Waals surface area contributed by atoms with Gasteiger partial charge >= 0.3 is 0 Å². The minimum absolute atomic E-state index is 0.0756. The Morgan fingerprint density at radius 1 is 0.903 bits per heavy atom. The summed E-state index contributed by atoms with van der Waals surface area (Å²) in [4.78, 5) is 14.9. The molecule has 0 N–H and O–H groups in total. The van der Waals surface area contributed by atoms with Gasteiger partial charge in [-0.3, -0.25) is 4.79 Å². The third-order valence-electron chi connectivity index (χ3n) is 5.73. The van der Waals surface area contributed by atoms with Crippen molar-refractivity contribution >= 4 is 23.1 Å². The third-order valence-corrected chi connectivity index (χ3v) is 6.83. The molecule has 0 spiro atoms. The van der Waals surface area contributed by atoms with Crippen LogP contribution in [-0.4, -0.2) is 20.0 Å². The lowest BCUT2D eigenvalue weighted by Gasteiger charge is -2.27. The number of hydrogen-bond donors (Lipinski definition) is 0. The van der Waals surface area contributed by atoms with Crippen molar-refractivity contribution in [2.45, 2.75) is 28.6 Å². The molecule has 3 aromatic carbocycles. The maximum Gasteiger partial charge on any atom is 0.160 e. The fourth-order valence-electron chi connectivity index (χ4n) is 4.22. The Hall–Kier alpha value is -3.18. The number of benzene rings is 3. The Balaban J connectivity index is 1.49. The van der Waals surface area contributed by atoms with Gasteiger partial charge in [-0.25, -0.2) is 0 Å². The number of para-hydroxylation sites is 2. The van der Waals surface area contributed by atoms with Gasteiger partial charge in [0.25, 0.3) is 0 Å². The van der Waals surface area contributed by atoms with Crippen molar-refractivity contribution < 1.29 is 19.0 Å². The fraction of sp³-hybridized carbons (Fsp3) is 0.192. The van der Waals surface area contributed by atoms with Crippen LogP contribution in [0.1, 0.15) is 29.9 Å². The molecule has 2 aliphatic rings. The maximum atomic E-state index is 12.7. The normalized spacial score (nSPS) is 17.2. The number of methoxy groups -OCH3 is 2. The lowest BCUT2D eigenvalue weighted by Crippen LogP contribution is -2.13. The molecule has 156 valence electrons. The minimum Gasteiger partial charge on any atom is -0.493 e. The zero-order chi connectivity index (χ0) is 21.4. The Labute approximate surface area is 185 Å². The molecule has 0 unspecified atom stereocenters. The van der Waals surface area contributed by atoms with E-state index in [1.807, 2.05) is 48.5 Å². The molecule has 3 aromatic rings. The number of fused-ring (bicyclic) bond motifs is 2. The summed E-state index contributed by atoms with van der Waals surface area (Å²) in [5, 5.41) is 0. The molecule has 1 atom stereocenters. The largest absolute Gasteiger partial charge is 0.493 e. The number of carbonyl (C=O) groups is 1. The van der Waals surface area contributed by atoms with Crippen molar-refractivity contribution in [1.29, 1.82) is 0 Å². The van der Waals surface area contributed by atoms with Crippen molar-refractivity contribution in [1.82, 2.24) is 0 Å². The summed E-state index contributed by atoms with van der Waals surface area (Å²) in [6.45, 7) is 0. The van der Waals surface area contributed by atoms with Gasteiger partial charge in [0, 0.05) is 12.0 Å². The van der Waals surface area contributed by atoms with Crippen LogP contribution in [0.5, 0.6) is 23.0 Å². The second-order valence-corrected chi connectivity index (χ2v) is 8.72. The van der Waals surface area contributed by atoms with Gasteiger partial charge in [0.2, 0.25) is 0 Å². The molecule has 5 rings (SSSR count). The molecule has 1 aliphatic carbocycles. The van der Waals surface area contributed by atoms with E-state index in [4.69, 9.17) is 14.2 Å². The highest BCUT2D eigenvalue weighted by molar-refractivity contribution is 7.99. The van der Waals surface area contributed by atoms with Crippen LogP contribution in [0.15, 0.2) is 76.5 Å². The molecular weight excluding hydrogens is 408 g/mol. The number of allylic oxidation sites excluding steroid dienone is 2. The van der Waals surface area contributed by atoms with Gasteiger partial charge in [-0.15, -0.1) is 0 Å². The molecule has 1 heterocycles. The summed E-state index contributed by atoms with van der Waals surface area (Å²) in [6.07, 6.45) is 3.02. The molecule has 4 nitrogen and oxygen atoms in total. The standard InChI is InChI=1S/C26H22O4S/c1-28-21-11-10-16(15-23(21)29-2)17-12-18(14-19(27)13-17)20-6-5-9-25-26(20)30-22-7-3-4-8-24(22)31-25/h3-11,14-15,17H,12-13H2,1-2H3/t17-/m1/s1. The van der Waals surface area contributed by atoms with E-state index in [2.05, 4.69) is 12.1 Å². The van der Waals surface area contributed by atoms with Crippen molar-refractivity contribution in [3.63, 3.8) is 0 Å². The Bertz CT molecular complexity index is 1200. The van der Waals surface area contributed by atoms with Crippen LogP contribution >= 0.6 is 11.8 Å². The average Bonchev–Trinajstić information content (AvgIpc) is 2.81. The highest BCUT2D eigenvalue weighted by Gasteiger charge is 2.28. The monoisotopic (exact) mass is 430 g/mol. The van der Waals surface area contributed by atoms with E-state index in [1.165, 1.54) is 0 Å². The minimum atomic E-state index is 0.0756. The van der Waals surface area contributed by atoms with Gasteiger partial charge in [0.05, 0.1) is 24.0 Å². The number of hydrogen-bond acceptors (Lipinski definition) is 5. The Morgan fingerprint density at radius 2 is 1.71 bits per heavy atom. The molecule has 0 fully saturated rings. The highest BCUT2D eigenvalue weighted by atomic mass is 32.2. The molecular formula is C26H22O4S. The van der Waals surface area contributed by atoms with Crippen molar-refractivity contribution in [3.05, 3.63) is 77.9 Å². The van der Waals surface area contributed by atoms with Crippen LogP contribution in [0, 0.1) is 0 Å². The van der Waals surface area contributed by atoms with E-state index in [-0.39, 0.29) is 11.7 Å². The zero-order valence-electron chi connectivity index (χ0n) is 17.4. The molecule has 31 heavy (non-hydrogen) atoms. The molecule has 0 saturated carbocycles. The second kappa shape index (κ2) is 8.16. The van der Waals surface area contributed by atoms with Crippen LogP contribution in [0.2, 0.25) is 0 Å². The van der Waals surface area contributed by atoms with Gasteiger partial charge in [0.1, 0.15) is 11.5 Å². The molecule has 5 heteroatoms. The fourth-order valence-corrected chi connectivity index (χ4v) is 5.21.